The van der Waals surface area contributed by atoms with Crippen molar-refractivity contribution >= 4 is 22.4 Å². The predicted octanol–water partition coefficient (Wildman–Crippen LogP) is 7.93. The highest BCUT2D eigenvalue weighted by atomic mass is 19.2. The van der Waals surface area contributed by atoms with Crippen LogP contribution in [-0.4, -0.2) is 6.61 Å². The smallest absolute Gasteiger partial charge is 0.170 e. The number of allylic oxidation sites excluding steroid dienone is 2. The molecule has 1 nitrogen and oxygen atoms in total. The molecule has 0 amide bonds. The molecule has 6 heteroatoms. The molecule has 0 aliphatic heterocycles. The molecule has 0 heterocycles. The number of ether oxygens (including phenoxy) is 1. The van der Waals surface area contributed by atoms with Gasteiger partial charge < -0.3 is 4.74 Å². The molecule has 0 spiro atoms. The Hall–Kier alpha value is -3.15. The van der Waals surface area contributed by atoms with Crippen molar-refractivity contribution in [3.05, 3.63) is 88.8 Å². The first-order valence-corrected chi connectivity index (χ1v) is 9.88. The molecule has 0 atom stereocenters. The molecule has 3 aromatic carbocycles. The molecule has 3 rings (SSSR count). The summed E-state index contributed by atoms with van der Waals surface area (Å²) < 4.78 is 78.8. The van der Waals surface area contributed by atoms with Crippen molar-refractivity contribution < 1.29 is 26.7 Å². The van der Waals surface area contributed by atoms with Crippen molar-refractivity contribution in [3.63, 3.8) is 0 Å². The van der Waals surface area contributed by atoms with Crippen molar-refractivity contribution in [2.45, 2.75) is 26.7 Å². The van der Waals surface area contributed by atoms with Gasteiger partial charge in [-0.1, -0.05) is 24.3 Å². The lowest BCUT2D eigenvalue weighted by atomic mass is 9.98. The van der Waals surface area contributed by atoms with E-state index < -0.39 is 40.1 Å². The van der Waals surface area contributed by atoms with Gasteiger partial charge in [0.05, 0.1) is 17.6 Å². The Bertz CT molecular complexity index is 1150. The van der Waals surface area contributed by atoms with Crippen LogP contribution in [0.3, 0.4) is 0 Å². The zero-order chi connectivity index (χ0) is 22.5. The fourth-order valence-corrected chi connectivity index (χ4v) is 3.29. The van der Waals surface area contributed by atoms with Gasteiger partial charge in [0.1, 0.15) is 11.6 Å². The number of hydrogen-bond donors (Lipinski definition) is 0. The number of rotatable bonds is 7. The summed E-state index contributed by atoms with van der Waals surface area (Å²) in [6, 6.07) is 9.14. The normalized spacial score (nSPS) is 12.5. The Kier molecular flexibility index (Phi) is 7.10. The summed E-state index contributed by atoms with van der Waals surface area (Å²) in [6.45, 7) is 4.00. The van der Waals surface area contributed by atoms with Gasteiger partial charge in [-0.15, -0.1) is 0 Å². The number of fused-ring (bicyclic) bond motifs is 1. The molecule has 0 saturated heterocycles. The Morgan fingerprint density at radius 2 is 1.61 bits per heavy atom. The molecule has 0 saturated carbocycles. The standard InChI is InChI=1S/C25H21F5O/c1-3-5-6-7-15-8-9-17-14-19(24(29)25(30)20(17)21(15)26)23(28)22(27)16-10-12-18(13-11-16)31-4-2/h3,5,8-14H,4,6-7H2,1-2H3/b5-3+,23-22?. The van der Waals surface area contributed by atoms with Crippen LogP contribution >= 0.6 is 0 Å². The van der Waals surface area contributed by atoms with E-state index in [-0.39, 0.29) is 16.5 Å². The minimum atomic E-state index is -1.64. The minimum Gasteiger partial charge on any atom is -0.494 e. The van der Waals surface area contributed by atoms with Crippen molar-refractivity contribution in [2.24, 2.45) is 0 Å². The van der Waals surface area contributed by atoms with Crippen molar-refractivity contribution in [2.75, 3.05) is 6.61 Å². The van der Waals surface area contributed by atoms with Crippen LogP contribution in [0.2, 0.25) is 0 Å². The maximum absolute atomic E-state index is 14.8. The van der Waals surface area contributed by atoms with Crippen molar-refractivity contribution in [1.29, 1.82) is 0 Å². The summed E-state index contributed by atoms with van der Waals surface area (Å²) in [4.78, 5) is 0. The van der Waals surface area contributed by atoms with Gasteiger partial charge in [-0.3, -0.25) is 0 Å². The highest BCUT2D eigenvalue weighted by Crippen LogP contribution is 2.36. The van der Waals surface area contributed by atoms with E-state index in [9.17, 15) is 22.0 Å². The average Bonchev–Trinajstić information content (AvgIpc) is 2.77. The fraction of sp³-hybridized carbons (Fsp3) is 0.200. The number of halogens is 5. The van der Waals surface area contributed by atoms with Gasteiger partial charge in [0.2, 0.25) is 0 Å². The van der Waals surface area contributed by atoms with E-state index in [2.05, 4.69) is 0 Å². The molecule has 162 valence electrons. The molecule has 0 bridgehead atoms. The monoisotopic (exact) mass is 432 g/mol. The third-order valence-electron chi connectivity index (χ3n) is 4.87. The van der Waals surface area contributed by atoms with Crippen LogP contribution in [-0.2, 0) is 6.42 Å². The lowest BCUT2D eigenvalue weighted by Crippen LogP contribution is -2.00. The summed E-state index contributed by atoms with van der Waals surface area (Å²) in [5.74, 6) is -6.56. The molecular formula is C25H21F5O. The molecule has 0 radical (unpaired) electrons. The van der Waals surface area contributed by atoms with E-state index >= 15 is 0 Å². The number of hydrogen-bond acceptors (Lipinski definition) is 1. The second-order valence-electron chi connectivity index (χ2n) is 6.88. The van der Waals surface area contributed by atoms with Gasteiger partial charge in [-0.2, -0.15) is 0 Å². The third-order valence-corrected chi connectivity index (χ3v) is 4.87. The Morgan fingerprint density at radius 1 is 0.903 bits per heavy atom. The predicted molar refractivity (Wildman–Crippen MR) is 114 cm³/mol. The molecule has 3 aromatic rings. The second-order valence-corrected chi connectivity index (χ2v) is 6.88. The first-order valence-electron chi connectivity index (χ1n) is 9.88. The van der Waals surface area contributed by atoms with Crippen LogP contribution in [0.5, 0.6) is 5.75 Å². The molecule has 0 aromatic heterocycles. The zero-order valence-corrected chi connectivity index (χ0v) is 17.1. The van der Waals surface area contributed by atoms with E-state index in [1.807, 2.05) is 13.0 Å². The van der Waals surface area contributed by atoms with E-state index in [4.69, 9.17) is 4.74 Å². The van der Waals surface area contributed by atoms with Crippen LogP contribution < -0.4 is 4.74 Å². The van der Waals surface area contributed by atoms with Gasteiger partial charge in [-0.25, -0.2) is 22.0 Å². The fourth-order valence-electron chi connectivity index (χ4n) is 3.29. The zero-order valence-electron chi connectivity index (χ0n) is 17.1. The average molecular weight is 432 g/mol. The molecular weight excluding hydrogens is 411 g/mol. The van der Waals surface area contributed by atoms with Gasteiger partial charge in [-0.05, 0) is 68.0 Å². The Morgan fingerprint density at radius 3 is 2.26 bits per heavy atom. The maximum Gasteiger partial charge on any atom is 0.170 e. The largest absolute Gasteiger partial charge is 0.494 e. The second kappa shape index (κ2) is 9.77. The lowest BCUT2D eigenvalue weighted by Gasteiger charge is -2.11. The van der Waals surface area contributed by atoms with E-state index in [1.54, 1.807) is 13.0 Å². The summed E-state index contributed by atoms with van der Waals surface area (Å²) in [6.07, 6.45) is 4.47. The summed E-state index contributed by atoms with van der Waals surface area (Å²) in [7, 11) is 0. The molecule has 0 fully saturated rings. The van der Waals surface area contributed by atoms with Crippen LogP contribution in [0, 0.1) is 17.5 Å². The quantitative estimate of drug-likeness (QED) is 0.209. The van der Waals surface area contributed by atoms with Gasteiger partial charge in [0.25, 0.3) is 0 Å². The molecule has 0 N–H and O–H groups in total. The number of aryl methyl sites for hydroxylation is 1. The highest BCUT2D eigenvalue weighted by molar-refractivity contribution is 5.91. The van der Waals surface area contributed by atoms with Crippen LogP contribution in [0.25, 0.3) is 22.4 Å². The van der Waals surface area contributed by atoms with Crippen LogP contribution in [0.15, 0.2) is 54.6 Å². The van der Waals surface area contributed by atoms with Crippen LogP contribution in [0.1, 0.15) is 37.0 Å². The van der Waals surface area contributed by atoms with Gasteiger partial charge in [0, 0.05) is 5.56 Å². The minimum absolute atomic E-state index is 0.0594. The third kappa shape index (κ3) is 4.63. The van der Waals surface area contributed by atoms with E-state index in [0.717, 1.165) is 6.07 Å². The lowest BCUT2D eigenvalue weighted by molar-refractivity contribution is 0.340. The summed E-state index contributed by atoms with van der Waals surface area (Å²) in [5.41, 5.74) is -0.850. The SMILES string of the molecule is C/C=C/CCc1ccc2cc(C(F)=C(F)c3ccc(OCC)cc3)c(F)c(F)c2c1F. The van der Waals surface area contributed by atoms with E-state index in [1.165, 1.54) is 36.4 Å². The van der Waals surface area contributed by atoms with Gasteiger partial charge in [0.15, 0.2) is 23.3 Å². The summed E-state index contributed by atoms with van der Waals surface area (Å²) >= 11 is 0. The maximum atomic E-state index is 14.8. The molecule has 0 unspecified atom stereocenters. The van der Waals surface area contributed by atoms with Crippen molar-refractivity contribution in [1.82, 2.24) is 0 Å². The highest BCUT2D eigenvalue weighted by Gasteiger charge is 2.23. The Balaban J connectivity index is 2.06. The molecule has 0 aliphatic carbocycles. The van der Waals surface area contributed by atoms with Crippen LogP contribution in [0.4, 0.5) is 22.0 Å². The number of benzene rings is 3. The Labute approximate surface area is 177 Å². The molecule has 31 heavy (non-hydrogen) atoms. The first-order chi connectivity index (χ1) is 14.9. The topological polar surface area (TPSA) is 9.23 Å². The molecule has 0 aliphatic rings. The van der Waals surface area contributed by atoms with Gasteiger partial charge >= 0.3 is 0 Å². The van der Waals surface area contributed by atoms with E-state index in [0.29, 0.717) is 25.2 Å². The van der Waals surface area contributed by atoms with Crippen molar-refractivity contribution in [3.8, 4) is 5.75 Å². The first kappa shape index (κ1) is 22.5. The summed E-state index contributed by atoms with van der Waals surface area (Å²) in [5, 5.41) is -0.635.